The number of hydrogen-bond donors (Lipinski definition) is 3. The summed E-state index contributed by atoms with van der Waals surface area (Å²) in [6, 6.07) is 0.410. The van der Waals surface area contributed by atoms with Gasteiger partial charge in [-0.05, 0) is 30.3 Å². The second kappa shape index (κ2) is 4.28. The number of allylic oxidation sites excluding steroid dienone is 1. The standard InChI is InChI=1S/C9H16ClN5/c1-2-7-8(11)9(14-15(10)13-7)12-6-4-3-5-6/h6,13H,2-5,11H2,1H3,(H,12,14). The van der Waals surface area contributed by atoms with E-state index in [-0.39, 0.29) is 0 Å². The van der Waals surface area contributed by atoms with Crippen LogP contribution in [0.25, 0.3) is 0 Å². The van der Waals surface area contributed by atoms with E-state index in [0.717, 1.165) is 25.0 Å². The van der Waals surface area contributed by atoms with Crippen LogP contribution in [0.4, 0.5) is 0 Å². The van der Waals surface area contributed by atoms with Gasteiger partial charge in [0, 0.05) is 11.8 Å². The molecule has 1 heterocycles. The van der Waals surface area contributed by atoms with Crippen molar-refractivity contribution in [3.8, 4) is 0 Å². The van der Waals surface area contributed by atoms with Crippen molar-refractivity contribution < 1.29 is 0 Å². The highest BCUT2D eigenvalue weighted by molar-refractivity contribution is 6.15. The van der Waals surface area contributed by atoms with E-state index in [1.54, 1.807) is 0 Å². The second-order valence-electron chi connectivity index (χ2n) is 3.81. The van der Waals surface area contributed by atoms with Crippen molar-refractivity contribution in [3.63, 3.8) is 0 Å². The third-order valence-electron chi connectivity index (χ3n) is 2.76. The van der Waals surface area contributed by atoms with Gasteiger partial charge in [0.25, 0.3) is 0 Å². The van der Waals surface area contributed by atoms with Crippen LogP contribution in [0.3, 0.4) is 0 Å². The summed E-state index contributed by atoms with van der Waals surface area (Å²) in [6.07, 6.45) is 4.36. The Labute approximate surface area is 94.4 Å². The Morgan fingerprint density at radius 3 is 2.80 bits per heavy atom. The average molecular weight is 230 g/mol. The lowest BCUT2D eigenvalue weighted by Crippen LogP contribution is -2.52. The monoisotopic (exact) mass is 229 g/mol. The van der Waals surface area contributed by atoms with Crippen molar-refractivity contribution in [2.24, 2.45) is 10.7 Å². The van der Waals surface area contributed by atoms with E-state index in [1.165, 1.54) is 11.1 Å². The van der Waals surface area contributed by atoms with E-state index in [1.807, 2.05) is 6.92 Å². The highest BCUT2D eigenvalue weighted by Gasteiger charge is 2.23. The van der Waals surface area contributed by atoms with Gasteiger partial charge in [0.1, 0.15) is 0 Å². The van der Waals surface area contributed by atoms with E-state index in [2.05, 4.69) is 15.8 Å². The largest absolute Gasteiger partial charge is 0.394 e. The maximum atomic E-state index is 5.96. The molecule has 84 valence electrons. The zero-order valence-electron chi connectivity index (χ0n) is 8.76. The van der Waals surface area contributed by atoms with Gasteiger partial charge in [-0.1, -0.05) is 6.92 Å². The lowest BCUT2D eigenvalue weighted by Gasteiger charge is -2.30. The Hall–Kier alpha value is -0.940. The van der Waals surface area contributed by atoms with Gasteiger partial charge in [-0.25, -0.2) is 0 Å². The van der Waals surface area contributed by atoms with Gasteiger partial charge in [-0.3, -0.25) is 15.8 Å². The molecule has 0 unspecified atom stereocenters. The Morgan fingerprint density at radius 2 is 2.27 bits per heavy atom. The number of rotatable bonds is 2. The molecule has 2 rings (SSSR count). The van der Waals surface area contributed by atoms with Crippen molar-refractivity contribution in [3.05, 3.63) is 11.4 Å². The van der Waals surface area contributed by atoms with Crippen molar-refractivity contribution in [1.29, 1.82) is 0 Å². The Kier molecular flexibility index (Phi) is 3.02. The number of nitrogens with two attached hydrogens (primary N) is 1. The zero-order valence-corrected chi connectivity index (χ0v) is 9.51. The molecule has 0 aromatic rings. The van der Waals surface area contributed by atoms with Crippen LogP contribution >= 0.6 is 11.8 Å². The van der Waals surface area contributed by atoms with Gasteiger partial charge < -0.3 is 5.73 Å². The topological polar surface area (TPSA) is 65.7 Å². The van der Waals surface area contributed by atoms with E-state index in [0.29, 0.717) is 17.6 Å². The first-order valence-electron chi connectivity index (χ1n) is 5.26. The zero-order chi connectivity index (χ0) is 10.8. The van der Waals surface area contributed by atoms with Gasteiger partial charge in [-0.2, -0.15) is 0 Å². The normalized spacial score (nSPS) is 26.1. The number of amidine groups is 1. The minimum atomic E-state index is 0.410. The van der Waals surface area contributed by atoms with Crippen LogP contribution in [0.2, 0.25) is 0 Å². The molecular formula is C9H16ClN5. The summed E-state index contributed by atoms with van der Waals surface area (Å²) in [5, 5.41) is 0. The summed E-state index contributed by atoms with van der Waals surface area (Å²) in [7, 11) is 0. The predicted molar refractivity (Wildman–Crippen MR) is 60.5 cm³/mol. The van der Waals surface area contributed by atoms with Crippen LogP contribution in [0.15, 0.2) is 16.4 Å². The fraction of sp³-hybridized carbons (Fsp3) is 0.667. The number of halogens is 1. The van der Waals surface area contributed by atoms with Crippen LogP contribution in [0.1, 0.15) is 32.6 Å². The molecule has 6 heteroatoms. The van der Waals surface area contributed by atoms with Gasteiger partial charge >= 0.3 is 0 Å². The summed E-state index contributed by atoms with van der Waals surface area (Å²) in [6.45, 7) is 2.02. The highest BCUT2D eigenvalue weighted by Crippen LogP contribution is 2.23. The Balaban J connectivity index is 2.18. The molecular weight excluding hydrogens is 214 g/mol. The van der Waals surface area contributed by atoms with E-state index < -0.39 is 0 Å². The highest BCUT2D eigenvalue weighted by atomic mass is 35.5. The lowest BCUT2D eigenvalue weighted by atomic mass is 9.94. The SMILES string of the molecule is CCC1=C(N)C(=NC2CCC2)NN(Cl)N1. The first kappa shape index (κ1) is 10.6. The van der Waals surface area contributed by atoms with Crippen molar-refractivity contribution >= 4 is 17.6 Å². The third kappa shape index (κ3) is 2.18. The molecule has 2 aliphatic rings. The smallest absolute Gasteiger partial charge is 0.163 e. The fourth-order valence-corrected chi connectivity index (χ4v) is 1.75. The molecule has 0 bridgehead atoms. The number of hydrazine groups is 2. The van der Waals surface area contributed by atoms with Gasteiger partial charge in [0.15, 0.2) is 5.84 Å². The second-order valence-corrected chi connectivity index (χ2v) is 4.15. The summed E-state index contributed by atoms with van der Waals surface area (Å²) in [4.78, 5) is 4.53. The van der Waals surface area contributed by atoms with E-state index in [4.69, 9.17) is 17.5 Å². The maximum absolute atomic E-state index is 5.96. The van der Waals surface area contributed by atoms with Crippen LogP contribution in [0.5, 0.6) is 0 Å². The predicted octanol–water partition coefficient (Wildman–Crippen LogP) is 0.996. The molecule has 5 nitrogen and oxygen atoms in total. The van der Waals surface area contributed by atoms with Crippen molar-refractivity contribution in [1.82, 2.24) is 15.5 Å². The molecule has 0 radical (unpaired) electrons. The molecule has 1 aliphatic carbocycles. The van der Waals surface area contributed by atoms with Crippen LogP contribution in [-0.2, 0) is 0 Å². The van der Waals surface area contributed by atoms with Crippen molar-refractivity contribution in [2.75, 3.05) is 0 Å². The molecule has 0 amide bonds. The summed E-state index contributed by atoms with van der Waals surface area (Å²) < 4.78 is 1.27. The maximum Gasteiger partial charge on any atom is 0.163 e. The van der Waals surface area contributed by atoms with E-state index in [9.17, 15) is 0 Å². The van der Waals surface area contributed by atoms with Crippen LogP contribution < -0.4 is 16.6 Å². The summed E-state index contributed by atoms with van der Waals surface area (Å²) in [5.41, 5.74) is 13.3. The van der Waals surface area contributed by atoms with E-state index >= 15 is 0 Å². The molecule has 0 saturated heterocycles. The van der Waals surface area contributed by atoms with Gasteiger partial charge in [0.05, 0.1) is 17.4 Å². The molecule has 0 atom stereocenters. The molecule has 0 spiro atoms. The average Bonchev–Trinajstić information content (AvgIpc) is 2.16. The quantitative estimate of drug-likeness (QED) is 0.618. The molecule has 1 fully saturated rings. The fourth-order valence-electron chi connectivity index (χ4n) is 1.57. The molecule has 15 heavy (non-hydrogen) atoms. The van der Waals surface area contributed by atoms with Crippen LogP contribution in [0, 0.1) is 0 Å². The molecule has 0 aromatic carbocycles. The number of aliphatic imine (C=N–C) groups is 1. The number of nitrogens with zero attached hydrogens (tertiary/aromatic N) is 2. The number of nitrogens with one attached hydrogen (secondary N) is 2. The number of hydrogen-bond acceptors (Lipinski definition) is 4. The molecule has 4 N–H and O–H groups in total. The first-order valence-corrected chi connectivity index (χ1v) is 5.60. The minimum absolute atomic E-state index is 0.410. The van der Waals surface area contributed by atoms with Crippen molar-refractivity contribution in [2.45, 2.75) is 38.6 Å². The van der Waals surface area contributed by atoms with Crippen LogP contribution in [-0.4, -0.2) is 16.5 Å². The third-order valence-corrected chi connectivity index (χ3v) is 2.93. The molecule has 0 aromatic heterocycles. The van der Waals surface area contributed by atoms with Gasteiger partial charge in [-0.15, -0.1) is 0 Å². The Bertz CT molecular complexity index is 308. The summed E-state index contributed by atoms with van der Waals surface area (Å²) >= 11 is 5.84. The molecule has 1 saturated carbocycles. The first-order chi connectivity index (χ1) is 7.20. The lowest BCUT2D eigenvalue weighted by molar-refractivity contribution is 0.315. The minimum Gasteiger partial charge on any atom is -0.394 e. The van der Waals surface area contributed by atoms with Gasteiger partial charge in [0.2, 0.25) is 0 Å². The Morgan fingerprint density at radius 1 is 1.53 bits per heavy atom. The summed E-state index contributed by atoms with van der Waals surface area (Å²) in [5.74, 6) is 0.685. The molecule has 1 aliphatic heterocycles.